The zero-order valence-electron chi connectivity index (χ0n) is 9.77. The number of carboxylic acids is 1. The summed E-state index contributed by atoms with van der Waals surface area (Å²) in [5.41, 5.74) is 4.88. The highest BCUT2D eigenvalue weighted by Crippen LogP contribution is 2.14. The van der Waals surface area contributed by atoms with Gasteiger partial charge in [0.05, 0.1) is 0 Å². The van der Waals surface area contributed by atoms with Crippen molar-refractivity contribution in [1.29, 1.82) is 0 Å². The average Bonchev–Trinajstić information content (AvgIpc) is 2.15. The van der Waals surface area contributed by atoms with Crippen molar-refractivity contribution in [3.05, 3.63) is 0 Å². The Hall–Kier alpha value is -1.59. The van der Waals surface area contributed by atoms with Crippen molar-refractivity contribution in [1.82, 2.24) is 4.90 Å². The van der Waals surface area contributed by atoms with Gasteiger partial charge in [0.1, 0.15) is 12.5 Å². The van der Waals surface area contributed by atoms with Gasteiger partial charge in [0.2, 0.25) is 11.8 Å². The van der Waals surface area contributed by atoms with Crippen LogP contribution in [0, 0.1) is 5.92 Å². The molecule has 0 fully saturated rings. The van der Waals surface area contributed by atoms with Crippen molar-refractivity contribution >= 4 is 17.8 Å². The highest BCUT2D eigenvalue weighted by atomic mass is 16.4. The Balaban J connectivity index is 4.74. The summed E-state index contributed by atoms with van der Waals surface area (Å²) in [5.74, 6) is -2.58. The highest BCUT2D eigenvalue weighted by Gasteiger charge is 2.31. The van der Waals surface area contributed by atoms with Crippen LogP contribution in [-0.2, 0) is 14.4 Å². The van der Waals surface area contributed by atoms with E-state index in [4.69, 9.17) is 10.8 Å². The first kappa shape index (κ1) is 14.4. The van der Waals surface area contributed by atoms with Crippen molar-refractivity contribution in [2.24, 2.45) is 11.7 Å². The second-order valence-electron chi connectivity index (χ2n) is 3.82. The first-order valence-electron chi connectivity index (χ1n) is 5.08. The molecule has 2 atom stereocenters. The van der Waals surface area contributed by atoms with Crippen molar-refractivity contribution < 1.29 is 19.5 Å². The van der Waals surface area contributed by atoms with Gasteiger partial charge in [-0.3, -0.25) is 9.59 Å². The Bertz CT molecular complexity index is 291. The highest BCUT2D eigenvalue weighted by molar-refractivity contribution is 5.97. The standard InChI is InChI=1S/C10H18N2O4/c1-4-6(2)9(10(15)16)12(3)8(14)5-7(11)13/h6,9H,4-5H2,1-3H3,(H2,11,13)(H,15,16). The number of amides is 2. The van der Waals surface area contributed by atoms with E-state index in [1.54, 1.807) is 6.92 Å². The zero-order valence-corrected chi connectivity index (χ0v) is 9.77. The van der Waals surface area contributed by atoms with E-state index in [9.17, 15) is 14.4 Å². The SMILES string of the molecule is CCC(C)C(C(=O)O)N(C)C(=O)CC(N)=O. The van der Waals surface area contributed by atoms with E-state index in [-0.39, 0.29) is 5.92 Å². The van der Waals surface area contributed by atoms with E-state index in [0.717, 1.165) is 4.90 Å². The third-order valence-electron chi connectivity index (χ3n) is 2.57. The molecule has 0 saturated heterocycles. The lowest BCUT2D eigenvalue weighted by molar-refractivity contribution is -0.152. The van der Waals surface area contributed by atoms with E-state index in [0.29, 0.717) is 6.42 Å². The second-order valence-corrected chi connectivity index (χ2v) is 3.82. The average molecular weight is 230 g/mol. The molecule has 16 heavy (non-hydrogen) atoms. The summed E-state index contributed by atoms with van der Waals surface area (Å²) >= 11 is 0. The molecule has 6 nitrogen and oxygen atoms in total. The molecule has 2 unspecified atom stereocenters. The summed E-state index contributed by atoms with van der Waals surface area (Å²) in [6.45, 7) is 3.58. The van der Waals surface area contributed by atoms with Gasteiger partial charge in [0.25, 0.3) is 0 Å². The summed E-state index contributed by atoms with van der Waals surface area (Å²) < 4.78 is 0. The van der Waals surface area contributed by atoms with E-state index >= 15 is 0 Å². The molecule has 0 aromatic carbocycles. The van der Waals surface area contributed by atoms with Crippen LogP contribution in [0.1, 0.15) is 26.7 Å². The van der Waals surface area contributed by atoms with Crippen LogP contribution in [0.3, 0.4) is 0 Å². The summed E-state index contributed by atoms with van der Waals surface area (Å²) in [5, 5.41) is 9.02. The number of nitrogens with zero attached hydrogens (tertiary/aromatic N) is 1. The molecule has 0 radical (unpaired) electrons. The van der Waals surface area contributed by atoms with Gasteiger partial charge in [-0.15, -0.1) is 0 Å². The number of hydrogen-bond donors (Lipinski definition) is 2. The van der Waals surface area contributed by atoms with Crippen molar-refractivity contribution in [2.45, 2.75) is 32.7 Å². The Morgan fingerprint density at radius 3 is 2.19 bits per heavy atom. The number of primary amides is 1. The lowest BCUT2D eigenvalue weighted by Gasteiger charge is -2.28. The Morgan fingerprint density at radius 1 is 1.38 bits per heavy atom. The van der Waals surface area contributed by atoms with E-state index in [1.165, 1.54) is 7.05 Å². The number of nitrogens with two attached hydrogens (primary N) is 1. The van der Waals surface area contributed by atoms with Gasteiger partial charge < -0.3 is 15.7 Å². The number of carbonyl (C=O) groups excluding carboxylic acids is 2. The van der Waals surface area contributed by atoms with Gasteiger partial charge in [0.15, 0.2) is 0 Å². The monoisotopic (exact) mass is 230 g/mol. The normalized spacial score (nSPS) is 13.9. The fourth-order valence-corrected chi connectivity index (χ4v) is 1.44. The maximum atomic E-state index is 11.5. The quantitative estimate of drug-likeness (QED) is 0.618. The third-order valence-corrected chi connectivity index (χ3v) is 2.57. The van der Waals surface area contributed by atoms with Crippen LogP contribution in [0.2, 0.25) is 0 Å². The summed E-state index contributed by atoms with van der Waals surface area (Å²) in [4.78, 5) is 34.1. The minimum atomic E-state index is -1.07. The molecular formula is C10H18N2O4. The van der Waals surface area contributed by atoms with Gasteiger partial charge in [-0.1, -0.05) is 20.3 Å². The van der Waals surface area contributed by atoms with Crippen LogP contribution in [0.5, 0.6) is 0 Å². The van der Waals surface area contributed by atoms with Crippen LogP contribution in [0.4, 0.5) is 0 Å². The van der Waals surface area contributed by atoms with Gasteiger partial charge >= 0.3 is 5.97 Å². The maximum absolute atomic E-state index is 11.5. The molecule has 0 aromatic heterocycles. The van der Waals surface area contributed by atoms with Gasteiger partial charge in [-0.25, -0.2) is 4.79 Å². The van der Waals surface area contributed by atoms with E-state index < -0.39 is 30.2 Å². The fourth-order valence-electron chi connectivity index (χ4n) is 1.44. The smallest absolute Gasteiger partial charge is 0.326 e. The minimum Gasteiger partial charge on any atom is -0.480 e. The Labute approximate surface area is 94.4 Å². The number of carbonyl (C=O) groups is 3. The Kier molecular flexibility index (Phi) is 5.49. The van der Waals surface area contributed by atoms with Crippen molar-refractivity contribution in [3.8, 4) is 0 Å². The lowest BCUT2D eigenvalue weighted by Crippen LogP contribution is -2.47. The molecule has 3 N–H and O–H groups in total. The zero-order chi connectivity index (χ0) is 12.9. The van der Waals surface area contributed by atoms with E-state index in [2.05, 4.69) is 0 Å². The summed E-state index contributed by atoms with van der Waals surface area (Å²) in [6.07, 6.45) is 0.169. The Morgan fingerprint density at radius 2 is 1.88 bits per heavy atom. The van der Waals surface area contributed by atoms with Crippen molar-refractivity contribution in [2.75, 3.05) is 7.05 Å². The molecule has 0 aromatic rings. The molecule has 0 aliphatic rings. The fraction of sp³-hybridized carbons (Fsp3) is 0.700. The van der Waals surface area contributed by atoms with E-state index in [1.807, 2.05) is 6.92 Å². The molecule has 2 amide bonds. The first-order valence-corrected chi connectivity index (χ1v) is 5.08. The topological polar surface area (TPSA) is 101 Å². The summed E-state index contributed by atoms with van der Waals surface area (Å²) in [6, 6.07) is -0.920. The van der Waals surface area contributed by atoms with Crippen molar-refractivity contribution in [3.63, 3.8) is 0 Å². The second kappa shape index (κ2) is 6.09. The number of rotatable bonds is 6. The number of carboxylic acid groups (broad SMARTS) is 1. The first-order chi connectivity index (χ1) is 7.31. The van der Waals surface area contributed by atoms with Gasteiger partial charge in [0, 0.05) is 7.05 Å². The van der Waals surface area contributed by atoms with Crippen LogP contribution in [0.15, 0.2) is 0 Å². The molecule has 6 heteroatoms. The number of likely N-dealkylation sites (N-methyl/N-ethyl adjacent to an activating group) is 1. The van der Waals surface area contributed by atoms with Crippen LogP contribution < -0.4 is 5.73 Å². The predicted molar refractivity (Wildman–Crippen MR) is 57.5 cm³/mol. The molecule has 0 saturated carbocycles. The molecule has 92 valence electrons. The minimum absolute atomic E-state index is 0.181. The summed E-state index contributed by atoms with van der Waals surface area (Å²) in [7, 11) is 1.37. The predicted octanol–water partition coefficient (Wildman–Crippen LogP) is -0.180. The molecule has 0 aliphatic carbocycles. The molecule has 0 aliphatic heterocycles. The lowest BCUT2D eigenvalue weighted by atomic mass is 9.98. The molecule has 0 spiro atoms. The molecule has 0 rings (SSSR count). The molecule has 0 bridgehead atoms. The van der Waals surface area contributed by atoms with Gasteiger partial charge in [-0.2, -0.15) is 0 Å². The van der Waals surface area contributed by atoms with Crippen LogP contribution >= 0.6 is 0 Å². The number of aliphatic carboxylic acids is 1. The number of hydrogen-bond acceptors (Lipinski definition) is 3. The molecular weight excluding hydrogens is 212 g/mol. The largest absolute Gasteiger partial charge is 0.480 e. The molecule has 0 heterocycles. The van der Waals surface area contributed by atoms with Crippen LogP contribution in [-0.4, -0.2) is 40.9 Å². The van der Waals surface area contributed by atoms with Gasteiger partial charge in [-0.05, 0) is 5.92 Å². The maximum Gasteiger partial charge on any atom is 0.326 e. The third kappa shape index (κ3) is 3.88. The van der Waals surface area contributed by atoms with Crippen LogP contribution in [0.25, 0.3) is 0 Å².